The minimum Gasteiger partial charge on any atom is -0.457 e. The minimum atomic E-state index is -2.30. The van der Waals surface area contributed by atoms with E-state index in [4.69, 9.17) is 9.15 Å². The summed E-state index contributed by atoms with van der Waals surface area (Å²) in [5, 5.41) is 26.4. The van der Waals surface area contributed by atoms with Gasteiger partial charge >= 0.3 is 0 Å². The number of fused-ring (bicyclic) bond motifs is 14. The quantitative estimate of drug-likeness (QED) is 0.0816. The van der Waals surface area contributed by atoms with Gasteiger partial charge in [0.1, 0.15) is 22.7 Å². The second-order valence-corrected chi connectivity index (χ2v) is 35.2. The number of thiophene rings is 1. The molecule has 138 heavy (non-hydrogen) atoms. The smallest absolute Gasteiger partial charge is 0.179 e. The Morgan fingerprint density at radius 1 is 0.174 bits per heavy atom. The summed E-state index contributed by atoms with van der Waals surface area (Å²) in [5.41, 5.74) is 9.38. The molecule has 0 atom stereocenters. The van der Waals surface area contributed by atoms with Crippen molar-refractivity contribution >= 4 is 147 Å². The van der Waals surface area contributed by atoms with E-state index >= 15 is 0 Å². The van der Waals surface area contributed by atoms with Crippen molar-refractivity contribution in [2.75, 3.05) is 0 Å². The zero-order valence-corrected chi connectivity index (χ0v) is 84.3. The average molecular weight is 1830 g/mol. The Balaban J connectivity index is 0.000000153. The SMILES string of the molecule is CC.CC.CC.CC.CC.CC.CC.c1ccc(-c2cc3ccccc3c3ccccc23)cc1.c1ccc(-c2cccc3ccccc23)cc1.c1ccc(Oc2ccccc2-c2cccc3ccccc23)cc1.c1ccc([Si](c2ccccc2)(c2ccccc2)c2ccccc2)cc1.c1ccc2c(c1)ccc1ccccc12.c1ccc2c(c1)oc1ccccc12.c1ccc2c(c1)sc1ccccc12. The molecule has 0 bridgehead atoms. The molecule has 2 aromatic heterocycles. The third-order valence-corrected chi connectivity index (χ3v) is 28.7. The summed E-state index contributed by atoms with van der Waals surface area (Å²) in [6, 6.07) is 187. The van der Waals surface area contributed by atoms with E-state index in [0.29, 0.717) is 0 Å². The molecule has 0 saturated heterocycles. The molecule has 0 unspecified atom stereocenters. The number of ether oxygens (including phenoxy) is 1. The van der Waals surface area contributed by atoms with E-state index in [1.165, 1.54) is 144 Å². The molecule has 0 aliphatic carbocycles. The van der Waals surface area contributed by atoms with Gasteiger partial charge in [0.2, 0.25) is 0 Å². The van der Waals surface area contributed by atoms with Crippen LogP contribution in [0.3, 0.4) is 0 Å². The van der Waals surface area contributed by atoms with Crippen LogP contribution >= 0.6 is 11.3 Å². The molecule has 0 amide bonds. The molecule has 0 spiro atoms. The first-order valence-electron chi connectivity index (χ1n) is 49.2. The van der Waals surface area contributed by atoms with E-state index in [0.717, 1.165) is 28.2 Å². The number of rotatable bonds is 9. The normalized spacial score (nSPS) is 10.1. The molecule has 0 radical (unpaired) electrons. The summed E-state index contributed by atoms with van der Waals surface area (Å²) in [6.45, 7) is 28.0. The molecule has 24 rings (SSSR count). The fraction of sp³-hybridized carbons (Fsp3) is 0.104. The van der Waals surface area contributed by atoms with Crippen molar-refractivity contribution in [1.82, 2.24) is 0 Å². The van der Waals surface area contributed by atoms with E-state index in [-0.39, 0.29) is 0 Å². The van der Waals surface area contributed by atoms with Gasteiger partial charge < -0.3 is 9.15 Å². The number of hydrogen-bond acceptors (Lipinski definition) is 3. The Kier molecular flexibility index (Phi) is 41.7. The predicted molar refractivity (Wildman–Crippen MR) is 616 cm³/mol. The van der Waals surface area contributed by atoms with Gasteiger partial charge in [0.15, 0.2) is 8.07 Å². The fourth-order valence-electron chi connectivity index (χ4n) is 16.9. The highest BCUT2D eigenvalue weighted by atomic mass is 32.1. The molecule has 0 aliphatic heterocycles. The molecule has 0 fully saturated rings. The highest BCUT2D eigenvalue weighted by molar-refractivity contribution is 7.25. The van der Waals surface area contributed by atoms with Crippen LogP contribution in [0.1, 0.15) is 96.9 Å². The topological polar surface area (TPSA) is 22.4 Å². The van der Waals surface area contributed by atoms with E-state index in [9.17, 15) is 0 Å². The molecule has 0 N–H and O–H groups in total. The first-order valence-corrected chi connectivity index (χ1v) is 52.0. The second kappa shape index (κ2) is 55.9. The van der Waals surface area contributed by atoms with Crippen molar-refractivity contribution in [3.8, 4) is 44.9 Å². The van der Waals surface area contributed by atoms with Crippen LogP contribution in [0.4, 0.5) is 0 Å². The highest BCUT2D eigenvalue weighted by Crippen LogP contribution is 2.40. The van der Waals surface area contributed by atoms with Crippen LogP contribution in [-0.4, -0.2) is 8.07 Å². The second-order valence-electron chi connectivity index (χ2n) is 30.3. The molecule has 2 heterocycles. The molecular weight excluding hydrogens is 1700 g/mol. The van der Waals surface area contributed by atoms with Gasteiger partial charge in [0.05, 0.1) is 0 Å². The van der Waals surface area contributed by atoms with Gasteiger partial charge in [-0.05, 0) is 162 Å². The monoisotopic (exact) mass is 1830 g/mol. The average Bonchev–Trinajstić information content (AvgIpc) is 0.862. The summed E-state index contributed by atoms with van der Waals surface area (Å²) >= 11 is 1.86. The zero-order chi connectivity index (χ0) is 97.3. The Morgan fingerprint density at radius 3 is 0.848 bits per heavy atom. The van der Waals surface area contributed by atoms with Crippen LogP contribution in [0.15, 0.2) is 538 Å². The molecule has 2 nitrogen and oxygen atoms in total. The van der Waals surface area contributed by atoms with Crippen LogP contribution in [0.2, 0.25) is 0 Å². The molecular formula is C134H130O2SSi. The molecule has 4 heteroatoms. The van der Waals surface area contributed by atoms with Crippen LogP contribution in [0, 0.1) is 0 Å². The van der Waals surface area contributed by atoms with Crippen LogP contribution in [-0.2, 0) is 0 Å². The van der Waals surface area contributed by atoms with Crippen molar-refractivity contribution in [2.45, 2.75) is 96.9 Å². The van der Waals surface area contributed by atoms with Crippen LogP contribution in [0.25, 0.3) is 140 Å². The maximum Gasteiger partial charge on any atom is 0.179 e. The number of furan rings is 1. The van der Waals surface area contributed by atoms with E-state index in [1.807, 2.05) is 187 Å². The van der Waals surface area contributed by atoms with Gasteiger partial charge in [-0.1, -0.05) is 582 Å². The number of para-hydroxylation sites is 4. The van der Waals surface area contributed by atoms with E-state index in [2.05, 4.69) is 455 Å². The summed E-state index contributed by atoms with van der Waals surface area (Å²) in [6.07, 6.45) is 0. The van der Waals surface area contributed by atoms with Crippen molar-refractivity contribution < 1.29 is 9.15 Å². The van der Waals surface area contributed by atoms with Gasteiger partial charge in [-0.15, -0.1) is 11.3 Å². The first kappa shape index (κ1) is 103. The first-order chi connectivity index (χ1) is 68.6. The Morgan fingerprint density at radius 2 is 0.435 bits per heavy atom. The van der Waals surface area contributed by atoms with Gasteiger partial charge in [-0.25, -0.2) is 0 Å². The van der Waals surface area contributed by atoms with Gasteiger partial charge in [-0.2, -0.15) is 0 Å². The van der Waals surface area contributed by atoms with Gasteiger partial charge in [0, 0.05) is 36.5 Å². The minimum absolute atomic E-state index is 0.847. The van der Waals surface area contributed by atoms with Crippen LogP contribution < -0.4 is 25.5 Å². The fourth-order valence-corrected chi connectivity index (χ4v) is 22.8. The number of benzene rings is 22. The lowest BCUT2D eigenvalue weighted by molar-refractivity contribution is 0.484. The lowest BCUT2D eigenvalue weighted by Gasteiger charge is -2.34. The Hall–Kier alpha value is -15.6. The summed E-state index contributed by atoms with van der Waals surface area (Å²) in [4.78, 5) is 0. The lowest BCUT2D eigenvalue weighted by atomic mass is 9.93. The van der Waals surface area contributed by atoms with E-state index < -0.39 is 8.07 Å². The molecule has 688 valence electrons. The Bertz CT molecular complexity index is 7190. The summed E-state index contributed by atoms with van der Waals surface area (Å²) < 4.78 is 14.5. The molecule has 22 aromatic carbocycles. The molecule has 0 aliphatic rings. The lowest BCUT2D eigenvalue weighted by Crippen LogP contribution is -2.74. The van der Waals surface area contributed by atoms with Crippen molar-refractivity contribution in [2.24, 2.45) is 0 Å². The third-order valence-electron chi connectivity index (χ3n) is 22.7. The van der Waals surface area contributed by atoms with Crippen molar-refractivity contribution in [3.05, 3.63) is 534 Å². The number of hydrogen-bond donors (Lipinski definition) is 0. The van der Waals surface area contributed by atoms with E-state index in [1.54, 1.807) is 0 Å². The van der Waals surface area contributed by atoms with Crippen molar-refractivity contribution in [3.63, 3.8) is 0 Å². The maximum absolute atomic E-state index is 6.11. The van der Waals surface area contributed by atoms with Crippen molar-refractivity contribution in [1.29, 1.82) is 0 Å². The maximum atomic E-state index is 6.11. The predicted octanol–water partition coefficient (Wildman–Crippen LogP) is 38.3. The molecule has 24 aromatic rings. The van der Waals surface area contributed by atoms with Crippen LogP contribution in [0.5, 0.6) is 11.5 Å². The summed E-state index contributed by atoms with van der Waals surface area (Å²) in [5.74, 6) is 1.72. The summed E-state index contributed by atoms with van der Waals surface area (Å²) in [7, 11) is -2.30. The highest BCUT2D eigenvalue weighted by Gasteiger charge is 2.41. The molecule has 0 saturated carbocycles. The third kappa shape index (κ3) is 25.7. The standard InChI is InChI=1S/C24H20Si.C22H16O.C20H14.C16H12.C14H10.C12H8O.C12H8S.7C2H6/c1-5-13-21(14-6-1)25(22-15-7-2-8-16-22,23-17-9-3-10-18-23)24-19-11-4-12-20-24;1-2-11-18(12-3-1)23-22-16-7-6-14-21(22)20-15-8-10-17-9-4-5-13-19(17)20;1-2-8-15(9-3-1)20-14-16-10-4-5-11-17(16)18-12-6-7-13-19(18)20;1-2-7-13(8-3-1)16-12-6-10-14-9-4-5-11-15(14)16;1-3-7-13-11(5-1)9-10-12-6-2-4-8-14(12)13;2*1-3-7-11-9(5-1)10-6-2-4-8-12(10)13-11;7*1-2/h1-20H;1-16H;1-14H;1-12H;1-10H;2*1-8H;7*1-2H3. The van der Waals surface area contributed by atoms with Gasteiger partial charge in [0.25, 0.3) is 0 Å². The Labute approximate surface area is 825 Å². The largest absolute Gasteiger partial charge is 0.457 e. The van der Waals surface area contributed by atoms with Gasteiger partial charge in [-0.3, -0.25) is 0 Å². The zero-order valence-electron chi connectivity index (χ0n) is 82.5.